The number of ether oxygens (including phenoxy) is 1. The number of aryl methyl sites for hydroxylation is 1. The minimum absolute atomic E-state index is 0.116. The highest BCUT2D eigenvalue weighted by molar-refractivity contribution is 5.79. The molecule has 1 amide bonds. The van der Waals surface area contributed by atoms with Crippen LogP contribution in [0.25, 0.3) is 10.9 Å². The number of H-pyrrole nitrogens is 1. The Kier molecular flexibility index (Phi) is 5.66. The fraction of sp³-hybridized carbons (Fsp3) is 0.375. The van der Waals surface area contributed by atoms with Gasteiger partial charge in [-0.3, -0.25) is 9.59 Å². The molecule has 0 radical (unpaired) electrons. The molecule has 0 atom stereocenters. The lowest BCUT2D eigenvalue weighted by Crippen LogP contribution is -2.26. The minimum atomic E-state index is -0.360. The zero-order chi connectivity index (χ0) is 15.9. The van der Waals surface area contributed by atoms with Crippen molar-refractivity contribution in [2.45, 2.75) is 19.3 Å². The smallest absolute Gasteiger partial charge is 0.251 e. The Balaban J connectivity index is 1.97. The molecular formula is C16H19FN2O3. The quantitative estimate of drug-likeness (QED) is 0.766. The van der Waals surface area contributed by atoms with Crippen LogP contribution in [0, 0.1) is 5.82 Å². The summed E-state index contributed by atoms with van der Waals surface area (Å²) >= 11 is 0. The molecule has 0 spiro atoms. The number of halogens is 1. The summed E-state index contributed by atoms with van der Waals surface area (Å²) in [4.78, 5) is 26.3. The maximum atomic E-state index is 13.2. The van der Waals surface area contributed by atoms with Crippen LogP contribution in [0.2, 0.25) is 0 Å². The number of aromatic nitrogens is 1. The lowest BCUT2D eigenvalue weighted by Gasteiger charge is -2.06. The number of amides is 1. The molecule has 0 bridgehead atoms. The van der Waals surface area contributed by atoms with E-state index in [0.29, 0.717) is 36.0 Å². The second-order valence-corrected chi connectivity index (χ2v) is 5.05. The number of benzene rings is 1. The predicted octanol–water partition coefficient (Wildman–Crippen LogP) is 1.75. The number of fused-ring (bicyclic) bond motifs is 1. The number of hydrogen-bond donors (Lipinski definition) is 2. The second kappa shape index (κ2) is 7.70. The predicted molar refractivity (Wildman–Crippen MR) is 82.4 cm³/mol. The van der Waals surface area contributed by atoms with Crippen molar-refractivity contribution in [3.63, 3.8) is 0 Å². The van der Waals surface area contributed by atoms with Crippen molar-refractivity contribution in [2.24, 2.45) is 0 Å². The third-order valence-corrected chi connectivity index (χ3v) is 3.35. The van der Waals surface area contributed by atoms with Crippen molar-refractivity contribution in [2.75, 3.05) is 20.3 Å². The van der Waals surface area contributed by atoms with E-state index >= 15 is 0 Å². The molecule has 1 heterocycles. The molecule has 6 heteroatoms. The first-order chi connectivity index (χ1) is 10.6. The Morgan fingerprint density at radius 1 is 1.36 bits per heavy atom. The minimum Gasteiger partial charge on any atom is -0.385 e. The van der Waals surface area contributed by atoms with E-state index in [9.17, 15) is 14.0 Å². The number of hydrogen-bond acceptors (Lipinski definition) is 3. The zero-order valence-electron chi connectivity index (χ0n) is 12.4. The van der Waals surface area contributed by atoms with Gasteiger partial charge in [0.15, 0.2) is 0 Å². The Morgan fingerprint density at radius 2 is 2.18 bits per heavy atom. The number of pyridine rings is 1. The molecule has 2 rings (SSSR count). The molecule has 118 valence electrons. The van der Waals surface area contributed by atoms with Crippen LogP contribution in [0.5, 0.6) is 0 Å². The van der Waals surface area contributed by atoms with Gasteiger partial charge in [-0.2, -0.15) is 0 Å². The van der Waals surface area contributed by atoms with Gasteiger partial charge in [0, 0.05) is 43.1 Å². The number of aromatic amines is 1. The lowest BCUT2D eigenvalue weighted by molar-refractivity contribution is -0.121. The molecule has 1 aromatic heterocycles. The molecule has 2 N–H and O–H groups in total. The average Bonchev–Trinajstić information content (AvgIpc) is 2.50. The van der Waals surface area contributed by atoms with Gasteiger partial charge in [0.25, 0.3) is 5.56 Å². The molecule has 1 aromatic carbocycles. The molecule has 0 saturated heterocycles. The molecule has 0 aliphatic heterocycles. The molecule has 5 nitrogen and oxygen atoms in total. The largest absolute Gasteiger partial charge is 0.385 e. The van der Waals surface area contributed by atoms with Crippen LogP contribution < -0.4 is 10.9 Å². The number of rotatable bonds is 7. The van der Waals surface area contributed by atoms with E-state index < -0.39 is 0 Å². The maximum absolute atomic E-state index is 13.2. The van der Waals surface area contributed by atoms with Crippen molar-refractivity contribution in [3.8, 4) is 0 Å². The summed E-state index contributed by atoms with van der Waals surface area (Å²) in [6, 6.07) is 5.82. The Hall–Kier alpha value is -2.21. The van der Waals surface area contributed by atoms with Gasteiger partial charge in [0.05, 0.1) is 0 Å². The van der Waals surface area contributed by atoms with Gasteiger partial charge in [0.1, 0.15) is 5.82 Å². The topological polar surface area (TPSA) is 71.2 Å². The van der Waals surface area contributed by atoms with E-state index in [0.717, 1.165) is 6.42 Å². The fourth-order valence-corrected chi connectivity index (χ4v) is 2.19. The van der Waals surface area contributed by atoms with E-state index in [1.165, 1.54) is 18.2 Å². The number of carbonyl (C=O) groups is 1. The van der Waals surface area contributed by atoms with Gasteiger partial charge in [-0.05, 0) is 37.1 Å². The first-order valence-electron chi connectivity index (χ1n) is 7.17. The maximum Gasteiger partial charge on any atom is 0.251 e. The van der Waals surface area contributed by atoms with Crippen molar-refractivity contribution < 1.29 is 13.9 Å². The third kappa shape index (κ3) is 4.39. The monoisotopic (exact) mass is 306 g/mol. The molecule has 2 aromatic rings. The van der Waals surface area contributed by atoms with E-state index in [2.05, 4.69) is 10.3 Å². The first-order valence-corrected chi connectivity index (χ1v) is 7.17. The molecular weight excluding hydrogens is 287 g/mol. The highest BCUT2D eigenvalue weighted by Crippen LogP contribution is 2.13. The highest BCUT2D eigenvalue weighted by atomic mass is 19.1. The van der Waals surface area contributed by atoms with Crippen LogP contribution in [0.15, 0.2) is 29.1 Å². The van der Waals surface area contributed by atoms with Crippen molar-refractivity contribution in [1.82, 2.24) is 10.3 Å². The summed E-state index contributed by atoms with van der Waals surface area (Å²) in [6.45, 7) is 1.14. The van der Waals surface area contributed by atoms with Gasteiger partial charge >= 0.3 is 0 Å². The summed E-state index contributed by atoms with van der Waals surface area (Å²) in [5.41, 5.74) is 0.815. The van der Waals surface area contributed by atoms with E-state index in [-0.39, 0.29) is 23.7 Å². The zero-order valence-corrected chi connectivity index (χ0v) is 12.4. The van der Waals surface area contributed by atoms with Gasteiger partial charge in [-0.15, -0.1) is 0 Å². The second-order valence-electron chi connectivity index (χ2n) is 5.05. The van der Waals surface area contributed by atoms with Gasteiger partial charge in [-0.25, -0.2) is 4.39 Å². The molecule has 22 heavy (non-hydrogen) atoms. The number of methoxy groups -OCH3 is 1. The van der Waals surface area contributed by atoms with Crippen molar-refractivity contribution >= 4 is 16.8 Å². The summed E-state index contributed by atoms with van der Waals surface area (Å²) in [6.07, 6.45) is 1.28. The van der Waals surface area contributed by atoms with E-state index in [1.54, 1.807) is 13.2 Å². The number of nitrogens with one attached hydrogen (secondary N) is 2. The van der Waals surface area contributed by atoms with Crippen molar-refractivity contribution in [3.05, 3.63) is 46.0 Å². The summed E-state index contributed by atoms with van der Waals surface area (Å²) in [5, 5.41) is 3.38. The molecule has 0 fully saturated rings. The molecule has 0 aliphatic rings. The summed E-state index contributed by atoms with van der Waals surface area (Å²) in [7, 11) is 1.61. The standard InChI is InChI=1S/C16H19FN2O3/c1-22-8-2-7-18-15(20)6-3-11-9-12-10-13(17)4-5-14(12)19-16(11)21/h4-5,9-10H,2-3,6-8H2,1H3,(H,18,20)(H,19,21). The number of carbonyl (C=O) groups excluding carboxylic acids is 1. The van der Waals surface area contributed by atoms with Crippen LogP contribution in [0.1, 0.15) is 18.4 Å². The van der Waals surface area contributed by atoms with Crippen LogP contribution in [-0.4, -0.2) is 31.2 Å². The lowest BCUT2D eigenvalue weighted by atomic mass is 10.1. The Bertz CT molecular complexity index is 712. The Labute approximate surface area is 127 Å². The molecule has 0 aliphatic carbocycles. The fourth-order valence-electron chi connectivity index (χ4n) is 2.19. The van der Waals surface area contributed by atoms with E-state index in [4.69, 9.17) is 4.74 Å². The van der Waals surface area contributed by atoms with Crippen LogP contribution in [-0.2, 0) is 16.0 Å². The van der Waals surface area contributed by atoms with E-state index in [1.807, 2.05) is 0 Å². The van der Waals surface area contributed by atoms with Crippen LogP contribution >= 0.6 is 0 Å². The van der Waals surface area contributed by atoms with Gasteiger partial charge in [0.2, 0.25) is 5.91 Å². The molecule has 0 saturated carbocycles. The normalized spacial score (nSPS) is 10.8. The van der Waals surface area contributed by atoms with Crippen LogP contribution in [0.4, 0.5) is 4.39 Å². The Morgan fingerprint density at radius 3 is 2.95 bits per heavy atom. The summed E-state index contributed by atoms with van der Waals surface area (Å²) in [5.74, 6) is -0.476. The molecule has 0 unspecified atom stereocenters. The average molecular weight is 306 g/mol. The van der Waals surface area contributed by atoms with Gasteiger partial charge in [-0.1, -0.05) is 0 Å². The third-order valence-electron chi connectivity index (χ3n) is 3.35. The SMILES string of the molecule is COCCCNC(=O)CCc1cc2cc(F)ccc2[nH]c1=O. The summed E-state index contributed by atoms with van der Waals surface area (Å²) < 4.78 is 18.1. The highest BCUT2D eigenvalue weighted by Gasteiger charge is 2.07. The first kappa shape index (κ1) is 16.2. The van der Waals surface area contributed by atoms with Crippen LogP contribution in [0.3, 0.4) is 0 Å². The van der Waals surface area contributed by atoms with Crippen molar-refractivity contribution in [1.29, 1.82) is 0 Å². The van der Waals surface area contributed by atoms with Gasteiger partial charge < -0.3 is 15.0 Å².